The van der Waals surface area contributed by atoms with Crippen LogP contribution in [0.15, 0.2) is 28.6 Å². The number of aryl methyl sites for hydroxylation is 1. The van der Waals surface area contributed by atoms with Crippen molar-refractivity contribution >= 4 is 28.2 Å². The fourth-order valence-corrected chi connectivity index (χ4v) is 3.37. The van der Waals surface area contributed by atoms with Crippen molar-refractivity contribution in [2.24, 2.45) is 0 Å². The van der Waals surface area contributed by atoms with E-state index >= 15 is 0 Å². The standard InChI is InChI=1S/C14H16F3N3OS2/c1-10-5-2-3-6-11(10)21-7-4-8-22-13-20-19-12(23-13)18-9-14(15,16)17/h2-3,5-6H,4,7-9H2,1H3,(H,18,19). The minimum absolute atomic E-state index is 0.181. The number of hydrogen-bond donors (Lipinski definition) is 1. The summed E-state index contributed by atoms with van der Waals surface area (Å²) in [5.41, 5.74) is 1.09. The quantitative estimate of drug-likeness (QED) is 0.557. The van der Waals surface area contributed by atoms with Crippen LogP contribution >= 0.6 is 23.1 Å². The minimum atomic E-state index is -4.26. The highest BCUT2D eigenvalue weighted by Crippen LogP contribution is 2.27. The van der Waals surface area contributed by atoms with E-state index in [0.29, 0.717) is 10.9 Å². The molecule has 0 atom stereocenters. The molecule has 0 saturated heterocycles. The molecule has 0 radical (unpaired) electrons. The van der Waals surface area contributed by atoms with Gasteiger partial charge in [0.25, 0.3) is 0 Å². The molecule has 0 bridgehead atoms. The van der Waals surface area contributed by atoms with E-state index in [2.05, 4.69) is 15.5 Å². The molecule has 0 saturated carbocycles. The molecule has 0 amide bonds. The Hall–Kier alpha value is -1.48. The summed E-state index contributed by atoms with van der Waals surface area (Å²) in [7, 11) is 0. The highest BCUT2D eigenvalue weighted by Gasteiger charge is 2.27. The molecule has 0 spiro atoms. The van der Waals surface area contributed by atoms with E-state index in [1.54, 1.807) is 0 Å². The Labute approximate surface area is 140 Å². The summed E-state index contributed by atoms with van der Waals surface area (Å²) in [5, 5.41) is 9.93. The van der Waals surface area contributed by atoms with Crippen LogP contribution in [0.5, 0.6) is 5.75 Å². The number of para-hydroxylation sites is 1. The van der Waals surface area contributed by atoms with E-state index in [9.17, 15) is 13.2 Å². The first-order chi connectivity index (χ1) is 10.9. The second-order valence-electron chi connectivity index (χ2n) is 4.66. The van der Waals surface area contributed by atoms with E-state index in [1.807, 2.05) is 31.2 Å². The van der Waals surface area contributed by atoms with Crippen LogP contribution in [0.3, 0.4) is 0 Å². The van der Waals surface area contributed by atoms with Gasteiger partial charge in [0.1, 0.15) is 12.3 Å². The lowest BCUT2D eigenvalue weighted by atomic mass is 10.2. The van der Waals surface area contributed by atoms with Crippen LogP contribution in [-0.4, -0.2) is 35.3 Å². The van der Waals surface area contributed by atoms with Crippen molar-refractivity contribution in [3.8, 4) is 5.75 Å². The van der Waals surface area contributed by atoms with Crippen molar-refractivity contribution in [1.82, 2.24) is 10.2 Å². The first-order valence-electron chi connectivity index (χ1n) is 6.89. The predicted octanol–water partition coefficient (Wildman–Crippen LogP) is 4.38. The largest absolute Gasteiger partial charge is 0.493 e. The van der Waals surface area contributed by atoms with Gasteiger partial charge in [-0.25, -0.2) is 0 Å². The molecule has 0 aliphatic carbocycles. The Kier molecular flexibility index (Phi) is 6.52. The Bertz CT molecular complexity index is 619. The summed E-state index contributed by atoms with van der Waals surface area (Å²) in [6.07, 6.45) is -3.45. The van der Waals surface area contributed by atoms with Crippen LogP contribution in [0.2, 0.25) is 0 Å². The van der Waals surface area contributed by atoms with Gasteiger partial charge < -0.3 is 10.1 Å². The maximum atomic E-state index is 12.1. The topological polar surface area (TPSA) is 47.0 Å². The lowest BCUT2D eigenvalue weighted by molar-refractivity contribution is -0.115. The molecule has 1 heterocycles. The second-order valence-corrected chi connectivity index (χ2v) is 6.98. The summed E-state index contributed by atoms with van der Waals surface area (Å²) < 4.78 is 42.6. The van der Waals surface area contributed by atoms with Crippen LogP contribution in [-0.2, 0) is 0 Å². The van der Waals surface area contributed by atoms with Crippen LogP contribution in [0.1, 0.15) is 12.0 Å². The van der Waals surface area contributed by atoms with Crippen LogP contribution in [0.4, 0.5) is 18.3 Å². The van der Waals surface area contributed by atoms with Crippen molar-refractivity contribution in [2.75, 3.05) is 24.2 Å². The van der Waals surface area contributed by atoms with Gasteiger partial charge in [-0.2, -0.15) is 13.2 Å². The van der Waals surface area contributed by atoms with E-state index in [4.69, 9.17) is 4.74 Å². The molecule has 2 rings (SSSR count). The first kappa shape index (κ1) is 17.9. The molecule has 0 unspecified atom stereocenters. The number of alkyl halides is 3. The maximum absolute atomic E-state index is 12.1. The normalized spacial score (nSPS) is 11.5. The van der Waals surface area contributed by atoms with Crippen molar-refractivity contribution < 1.29 is 17.9 Å². The average Bonchev–Trinajstić information content (AvgIpc) is 2.94. The maximum Gasteiger partial charge on any atom is 0.405 e. The fourth-order valence-electron chi connectivity index (χ4n) is 1.63. The third-order valence-corrected chi connectivity index (χ3v) is 4.81. The average molecular weight is 363 g/mol. The lowest BCUT2D eigenvalue weighted by Crippen LogP contribution is -2.21. The molecular weight excluding hydrogens is 347 g/mol. The summed E-state index contributed by atoms with van der Waals surface area (Å²) in [5.74, 6) is 1.63. The van der Waals surface area contributed by atoms with E-state index in [-0.39, 0.29) is 5.13 Å². The molecule has 1 N–H and O–H groups in total. The molecule has 1 aromatic carbocycles. The molecular formula is C14H16F3N3OS2. The van der Waals surface area contributed by atoms with Gasteiger partial charge in [0, 0.05) is 5.75 Å². The van der Waals surface area contributed by atoms with Gasteiger partial charge in [-0.1, -0.05) is 41.3 Å². The van der Waals surface area contributed by atoms with Gasteiger partial charge in [-0.3, -0.25) is 0 Å². The number of rotatable bonds is 8. The van der Waals surface area contributed by atoms with Crippen LogP contribution < -0.4 is 10.1 Å². The van der Waals surface area contributed by atoms with E-state index in [0.717, 1.165) is 34.8 Å². The third-order valence-electron chi connectivity index (χ3n) is 2.71. The number of ether oxygens (including phenoxy) is 1. The summed E-state index contributed by atoms with van der Waals surface area (Å²) in [4.78, 5) is 0. The molecule has 1 aromatic heterocycles. The highest BCUT2D eigenvalue weighted by molar-refractivity contribution is 8.01. The van der Waals surface area contributed by atoms with Gasteiger partial charge >= 0.3 is 6.18 Å². The molecule has 4 nitrogen and oxygen atoms in total. The lowest BCUT2D eigenvalue weighted by Gasteiger charge is -2.07. The van der Waals surface area contributed by atoms with Crippen molar-refractivity contribution in [3.05, 3.63) is 29.8 Å². The Morgan fingerprint density at radius 1 is 1.26 bits per heavy atom. The number of hydrogen-bond acceptors (Lipinski definition) is 6. The Morgan fingerprint density at radius 3 is 2.78 bits per heavy atom. The Morgan fingerprint density at radius 2 is 2.04 bits per heavy atom. The van der Waals surface area contributed by atoms with Gasteiger partial charge in [0.15, 0.2) is 4.34 Å². The zero-order valence-electron chi connectivity index (χ0n) is 12.4. The van der Waals surface area contributed by atoms with Crippen molar-refractivity contribution in [2.45, 2.75) is 23.9 Å². The molecule has 23 heavy (non-hydrogen) atoms. The molecule has 126 valence electrons. The highest BCUT2D eigenvalue weighted by atomic mass is 32.2. The molecule has 0 aliphatic rings. The van der Waals surface area contributed by atoms with Crippen molar-refractivity contribution in [3.63, 3.8) is 0 Å². The monoisotopic (exact) mass is 363 g/mol. The molecule has 2 aromatic rings. The van der Waals surface area contributed by atoms with E-state index in [1.165, 1.54) is 11.8 Å². The number of nitrogens with zero attached hydrogens (tertiary/aromatic N) is 2. The molecule has 0 fully saturated rings. The Balaban J connectivity index is 1.65. The van der Waals surface area contributed by atoms with Gasteiger partial charge in [0.05, 0.1) is 6.61 Å². The summed E-state index contributed by atoms with van der Waals surface area (Å²) in [6.45, 7) is 1.47. The smallest absolute Gasteiger partial charge is 0.405 e. The summed E-state index contributed by atoms with van der Waals surface area (Å²) >= 11 is 2.58. The van der Waals surface area contributed by atoms with Gasteiger partial charge in [0.2, 0.25) is 5.13 Å². The molecule has 9 heteroatoms. The van der Waals surface area contributed by atoms with Crippen LogP contribution in [0, 0.1) is 6.92 Å². The zero-order chi connectivity index (χ0) is 16.7. The third kappa shape index (κ3) is 6.66. The number of aromatic nitrogens is 2. The zero-order valence-corrected chi connectivity index (χ0v) is 14.0. The number of anilines is 1. The minimum Gasteiger partial charge on any atom is -0.493 e. The van der Waals surface area contributed by atoms with Gasteiger partial charge in [-0.05, 0) is 25.0 Å². The predicted molar refractivity (Wildman–Crippen MR) is 86.5 cm³/mol. The number of halogens is 3. The second kappa shape index (κ2) is 8.39. The van der Waals surface area contributed by atoms with Crippen LogP contribution in [0.25, 0.3) is 0 Å². The number of benzene rings is 1. The first-order valence-corrected chi connectivity index (χ1v) is 8.69. The summed E-state index contributed by atoms with van der Waals surface area (Å²) in [6, 6.07) is 7.79. The number of nitrogens with one attached hydrogen (secondary N) is 1. The SMILES string of the molecule is Cc1ccccc1OCCCSc1nnc(NCC(F)(F)F)s1. The number of thioether (sulfide) groups is 1. The fraction of sp³-hybridized carbons (Fsp3) is 0.429. The van der Waals surface area contributed by atoms with E-state index < -0.39 is 12.7 Å². The molecule has 0 aliphatic heterocycles. The van der Waals surface area contributed by atoms with Crippen molar-refractivity contribution in [1.29, 1.82) is 0 Å². The van der Waals surface area contributed by atoms with Gasteiger partial charge in [-0.15, -0.1) is 10.2 Å².